The molecule has 0 aliphatic carbocycles. The Morgan fingerprint density at radius 2 is 1.65 bits per heavy atom. The van der Waals surface area contributed by atoms with E-state index in [2.05, 4.69) is 39.6 Å². The molecule has 2 fully saturated rings. The fourth-order valence-electron chi connectivity index (χ4n) is 5.38. The predicted octanol–water partition coefficient (Wildman–Crippen LogP) is 5.04. The number of hydrogen-bond acceptors (Lipinski definition) is 4. The molecule has 2 heterocycles. The first-order valence-electron chi connectivity index (χ1n) is 12.7. The number of piperidine rings is 1. The molecule has 190 valence electrons. The van der Waals surface area contributed by atoms with Crippen LogP contribution < -0.4 is 4.90 Å². The van der Waals surface area contributed by atoms with Crippen molar-refractivity contribution in [2.24, 2.45) is 0 Å². The van der Waals surface area contributed by atoms with Gasteiger partial charge in [0.2, 0.25) is 5.91 Å². The number of benzene rings is 3. The molecule has 37 heavy (non-hydrogen) atoms. The number of imide groups is 1. The van der Waals surface area contributed by atoms with E-state index in [9.17, 15) is 14.4 Å². The minimum Gasteiger partial charge on any atom is -0.323 e. The van der Waals surface area contributed by atoms with Crippen LogP contribution in [0.2, 0.25) is 0 Å². The molecule has 3 amide bonds. The number of aryl methyl sites for hydroxylation is 1. The molecule has 0 saturated carbocycles. The number of anilines is 1. The second kappa shape index (κ2) is 11.1. The number of hydrogen-bond donors (Lipinski definition) is 0. The van der Waals surface area contributed by atoms with E-state index in [0.29, 0.717) is 11.3 Å². The molecule has 6 nitrogen and oxygen atoms in total. The molecule has 0 radical (unpaired) electrons. The molecular weight excluding hydrogens is 577 g/mol. The van der Waals surface area contributed by atoms with Crippen LogP contribution in [0.15, 0.2) is 78.9 Å². The number of carbonyl (C=O) groups is 3. The first-order chi connectivity index (χ1) is 17.9. The van der Waals surface area contributed by atoms with Gasteiger partial charge in [0.25, 0.3) is 11.8 Å². The summed E-state index contributed by atoms with van der Waals surface area (Å²) < 4.78 is 1.02. The summed E-state index contributed by atoms with van der Waals surface area (Å²) in [5.74, 6) is -0.764. The molecule has 3 aromatic carbocycles. The molecule has 0 aromatic heterocycles. The van der Waals surface area contributed by atoms with Crippen LogP contribution in [0.4, 0.5) is 5.69 Å². The second-order valence-electron chi connectivity index (χ2n) is 9.84. The van der Waals surface area contributed by atoms with Crippen LogP contribution in [-0.2, 0) is 16.1 Å². The van der Waals surface area contributed by atoms with Gasteiger partial charge in [0, 0.05) is 34.8 Å². The lowest BCUT2D eigenvalue weighted by Crippen LogP contribution is -2.54. The van der Waals surface area contributed by atoms with E-state index in [1.165, 1.54) is 10.5 Å². The number of halogens is 1. The third kappa shape index (κ3) is 5.62. The van der Waals surface area contributed by atoms with E-state index < -0.39 is 6.04 Å². The summed E-state index contributed by atoms with van der Waals surface area (Å²) in [5.41, 5.74) is 3.36. The Morgan fingerprint density at radius 3 is 2.32 bits per heavy atom. The number of nitrogens with zero attached hydrogens (tertiary/aromatic N) is 3. The molecule has 2 saturated heterocycles. The van der Waals surface area contributed by atoms with Crippen molar-refractivity contribution in [1.82, 2.24) is 9.80 Å². The van der Waals surface area contributed by atoms with Crippen molar-refractivity contribution in [3.63, 3.8) is 0 Å². The number of amides is 3. The molecule has 0 N–H and O–H groups in total. The highest BCUT2D eigenvalue weighted by atomic mass is 127. The lowest BCUT2D eigenvalue weighted by molar-refractivity contribution is -0.123. The average Bonchev–Trinajstić information content (AvgIpc) is 3.19. The maximum Gasteiger partial charge on any atom is 0.257 e. The third-order valence-electron chi connectivity index (χ3n) is 7.24. The van der Waals surface area contributed by atoms with Gasteiger partial charge in [-0.2, -0.15) is 0 Å². The van der Waals surface area contributed by atoms with Crippen molar-refractivity contribution in [2.45, 2.75) is 44.8 Å². The van der Waals surface area contributed by atoms with Gasteiger partial charge in [0.1, 0.15) is 6.04 Å². The first-order valence-corrected chi connectivity index (χ1v) is 13.8. The van der Waals surface area contributed by atoms with Crippen molar-refractivity contribution in [2.75, 3.05) is 18.0 Å². The van der Waals surface area contributed by atoms with Crippen molar-refractivity contribution >= 4 is 46.0 Å². The number of likely N-dealkylation sites (tertiary alicyclic amines) is 1. The van der Waals surface area contributed by atoms with Gasteiger partial charge >= 0.3 is 0 Å². The van der Waals surface area contributed by atoms with Gasteiger partial charge in [0.05, 0.1) is 12.1 Å². The maximum absolute atomic E-state index is 13.9. The minimum atomic E-state index is -0.800. The van der Waals surface area contributed by atoms with Gasteiger partial charge < -0.3 is 4.90 Å². The Balaban J connectivity index is 1.39. The van der Waals surface area contributed by atoms with E-state index in [-0.39, 0.29) is 30.2 Å². The monoisotopic (exact) mass is 607 g/mol. The number of carbonyl (C=O) groups excluding carboxylic acids is 3. The summed E-state index contributed by atoms with van der Waals surface area (Å²) >= 11 is 2.19. The zero-order valence-corrected chi connectivity index (χ0v) is 23.0. The zero-order chi connectivity index (χ0) is 25.9. The summed E-state index contributed by atoms with van der Waals surface area (Å²) in [6, 6.07) is 24.3. The van der Waals surface area contributed by atoms with Crippen molar-refractivity contribution < 1.29 is 14.4 Å². The molecule has 3 aromatic rings. The van der Waals surface area contributed by atoms with Crippen LogP contribution in [0.1, 0.15) is 40.7 Å². The Labute approximate surface area is 231 Å². The highest BCUT2D eigenvalue weighted by Crippen LogP contribution is 2.31. The van der Waals surface area contributed by atoms with Crippen LogP contribution in [0.25, 0.3) is 0 Å². The molecule has 0 bridgehead atoms. The predicted molar refractivity (Wildman–Crippen MR) is 152 cm³/mol. The molecule has 7 heteroatoms. The molecule has 0 spiro atoms. The molecule has 5 rings (SSSR count). The summed E-state index contributed by atoms with van der Waals surface area (Å²) in [5, 5.41) is 0. The van der Waals surface area contributed by atoms with Gasteiger partial charge in [0.15, 0.2) is 0 Å². The lowest BCUT2D eigenvalue weighted by Gasteiger charge is -2.40. The van der Waals surface area contributed by atoms with E-state index in [1.807, 2.05) is 55.5 Å². The largest absolute Gasteiger partial charge is 0.323 e. The van der Waals surface area contributed by atoms with Crippen LogP contribution >= 0.6 is 22.6 Å². The van der Waals surface area contributed by atoms with E-state index in [4.69, 9.17) is 0 Å². The fourth-order valence-corrected chi connectivity index (χ4v) is 5.74. The summed E-state index contributed by atoms with van der Waals surface area (Å²) in [7, 11) is 0. The zero-order valence-electron chi connectivity index (χ0n) is 20.8. The lowest BCUT2D eigenvalue weighted by atomic mass is 9.98. The fraction of sp³-hybridized carbons (Fsp3) is 0.300. The second-order valence-corrected chi connectivity index (χ2v) is 11.1. The summed E-state index contributed by atoms with van der Waals surface area (Å²) in [6.07, 6.45) is 1.52. The summed E-state index contributed by atoms with van der Waals surface area (Å²) in [6.45, 7) is 4.46. The van der Waals surface area contributed by atoms with E-state index in [1.54, 1.807) is 23.1 Å². The Kier molecular flexibility index (Phi) is 7.71. The van der Waals surface area contributed by atoms with Crippen LogP contribution in [-0.4, -0.2) is 52.7 Å². The maximum atomic E-state index is 13.9. The van der Waals surface area contributed by atoms with Crippen LogP contribution in [0.3, 0.4) is 0 Å². The van der Waals surface area contributed by atoms with Gasteiger partial charge in [-0.1, -0.05) is 48.0 Å². The quantitative estimate of drug-likeness (QED) is 0.291. The van der Waals surface area contributed by atoms with Crippen molar-refractivity contribution in [3.8, 4) is 0 Å². The molecular formula is C30H30IN3O3. The minimum absolute atomic E-state index is 0.00655. The molecule has 2 aliphatic heterocycles. The van der Waals surface area contributed by atoms with E-state index in [0.717, 1.165) is 41.6 Å². The van der Waals surface area contributed by atoms with Gasteiger partial charge in [-0.25, -0.2) is 4.90 Å². The van der Waals surface area contributed by atoms with Crippen molar-refractivity contribution in [3.05, 3.63) is 99.1 Å². The van der Waals surface area contributed by atoms with Crippen LogP contribution in [0, 0.1) is 10.5 Å². The highest BCUT2D eigenvalue weighted by molar-refractivity contribution is 14.1. The number of rotatable bonds is 6. The van der Waals surface area contributed by atoms with Gasteiger partial charge in [-0.15, -0.1) is 0 Å². The van der Waals surface area contributed by atoms with Crippen molar-refractivity contribution in [1.29, 1.82) is 0 Å². The standard InChI is InChI=1S/C30H30IN3O3/c1-21-6-5-9-23(18-21)29(36)33(26-14-16-32(17-15-26)20-22-7-3-2-4-8-22)27-19-28(35)34(30(27)37)25-12-10-24(31)11-13-25/h2-13,18,26-27H,14-17,19-20H2,1H3. The highest BCUT2D eigenvalue weighted by Gasteiger charge is 2.47. The normalized spacial score (nSPS) is 18.9. The average molecular weight is 607 g/mol. The molecule has 2 aliphatic rings. The molecule has 1 unspecified atom stereocenters. The van der Waals surface area contributed by atoms with E-state index >= 15 is 0 Å². The Hall–Kier alpha value is -3.04. The van der Waals surface area contributed by atoms with Gasteiger partial charge in [-0.3, -0.25) is 19.3 Å². The topological polar surface area (TPSA) is 60.9 Å². The van der Waals surface area contributed by atoms with Crippen LogP contribution in [0.5, 0.6) is 0 Å². The molecule has 1 atom stereocenters. The summed E-state index contributed by atoms with van der Waals surface area (Å²) in [4.78, 5) is 46.1. The Morgan fingerprint density at radius 1 is 0.946 bits per heavy atom. The first kappa shape index (κ1) is 25.6. The third-order valence-corrected chi connectivity index (χ3v) is 7.96. The van der Waals surface area contributed by atoms with Gasteiger partial charge in [-0.05, 0) is 84.3 Å². The SMILES string of the molecule is Cc1cccc(C(=O)N(C2CCN(Cc3ccccc3)CC2)C2CC(=O)N(c3ccc(I)cc3)C2=O)c1. The smallest absolute Gasteiger partial charge is 0.257 e. The Bertz CT molecular complexity index is 1290.